The van der Waals surface area contributed by atoms with Gasteiger partial charge in [0.15, 0.2) is 11.0 Å². The number of ether oxygens (including phenoxy) is 1. The van der Waals surface area contributed by atoms with E-state index in [1.165, 1.54) is 6.20 Å². The summed E-state index contributed by atoms with van der Waals surface area (Å²) < 4.78 is 18.7. The minimum Gasteiger partial charge on any atom is -0.378 e. The number of nitrogens with one attached hydrogen (secondary N) is 1. The number of pyridine rings is 1. The van der Waals surface area contributed by atoms with Crippen LogP contribution in [0.1, 0.15) is 11.6 Å². The zero-order chi connectivity index (χ0) is 9.97. The van der Waals surface area contributed by atoms with Crippen LogP contribution in [0.5, 0.6) is 0 Å². The van der Waals surface area contributed by atoms with Crippen molar-refractivity contribution in [3.63, 3.8) is 0 Å². The van der Waals surface area contributed by atoms with Crippen molar-refractivity contribution < 1.29 is 9.13 Å². The molecule has 1 saturated heterocycles. The Morgan fingerprint density at radius 1 is 1.64 bits per heavy atom. The van der Waals surface area contributed by atoms with Crippen LogP contribution in [0.3, 0.4) is 0 Å². The molecule has 1 fully saturated rings. The summed E-state index contributed by atoms with van der Waals surface area (Å²) in [4.78, 5) is 3.66. The quantitative estimate of drug-likeness (QED) is 0.723. The molecule has 2 heterocycles. The maximum Gasteiger partial charge on any atom is 0.165 e. The van der Waals surface area contributed by atoms with E-state index in [9.17, 15) is 4.39 Å². The van der Waals surface area contributed by atoms with E-state index in [1.807, 2.05) is 0 Å². The summed E-state index contributed by atoms with van der Waals surface area (Å²) in [6.07, 6.45) is 1.50. The molecular formula is C9H10ClFN2O. The van der Waals surface area contributed by atoms with Gasteiger partial charge in [-0.2, -0.15) is 0 Å². The molecule has 0 amide bonds. The van der Waals surface area contributed by atoms with Crippen LogP contribution in [-0.2, 0) is 4.74 Å². The lowest BCUT2D eigenvalue weighted by atomic mass is 10.1. The van der Waals surface area contributed by atoms with E-state index in [4.69, 9.17) is 16.3 Å². The lowest BCUT2D eigenvalue weighted by molar-refractivity contribution is 0.0757. The molecule has 0 spiro atoms. The fourth-order valence-electron chi connectivity index (χ4n) is 1.47. The molecule has 1 aromatic rings. The second-order valence-electron chi connectivity index (χ2n) is 3.09. The summed E-state index contributed by atoms with van der Waals surface area (Å²) in [5.74, 6) is -0.461. The highest BCUT2D eigenvalue weighted by atomic mass is 35.5. The molecule has 0 bridgehead atoms. The average Bonchev–Trinajstić information content (AvgIpc) is 2.23. The van der Waals surface area contributed by atoms with Crippen molar-refractivity contribution in [2.45, 2.75) is 6.04 Å². The van der Waals surface area contributed by atoms with Crippen LogP contribution in [0.4, 0.5) is 4.39 Å². The summed E-state index contributed by atoms with van der Waals surface area (Å²) >= 11 is 5.58. The Morgan fingerprint density at radius 3 is 3.21 bits per heavy atom. The van der Waals surface area contributed by atoms with Gasteiger partial charge in [0.1, 0.15) is 0 Å². The van der Waals surface area contributed by atoms with Crippen LogP contribution >= 0.6 is 11.6 Å². The predicted molar refractivity (Wildman–Crippen MR) is 50.8 cm³/mol. The first-order valence-corrected chi connectivity index (χ1v) is 4.78. The van der Waals surface area contributed by atoms with E-state index in [-0.39, 0.29) is 11.2 Å². The van der Waals surface area contributed by atoms with E-state index >= 15 is 0 Å². The highest BCUT2D eigenvalue weighted by Gasteiger charge is 2.20. The third-order valence-electron chi connectivity index (χ3n) is 2.17. The van der Waals surface area contributed by atoms with Crippen LogP contribution in [0.2, 0.25) is 5.15 Å². The molecule has 0 aromatic carbocycles. The molecule has 1 unspecified atom stereocenters. The largest absolute Gasteiger partial charge is 0.378 e. The molecule has 1 aromatic heterocycles. The second-order valence-corrected chi connectivity index (χ2v) is 3.44. The van der Waals surface area contributed by atoms with Gasteiger partial charge in [-0.1, -0.05) is 11.6 Å². The molecule has 14 heavy (non-hydrogen) atoms. The first kappa shape index (κ1) is 9.83. The van der Waals surface area contributed by atoms with E-state index in [0.717, 1.165) is 6.54 Å². The molecular weight excluding hydrogens is 207 g/mol. The zero-order valence-corrected chi connectivity index (χ0v) is 8.22. The Labute approximate surface area is 86.2 Å². The minimum atomic E-state index is -0.461. The third-order valence-corrected chi connectivity index (χ3v) is 2.44. The molecule has 3 nitrogen and oxygen atoms in total. The monoisotopic (exact) mass is 216 g/mol. The van der Waals surface area contributed by atoms with Gasteiger partial charge in [0.05, 0.1) is 19.3 Å². The van der Waals surface area contributed by atoms with Gasteiger partial charge in [0.2, 0.25) is 0 Å². The van der Waals surface area contributed by atoms with Gasteiger partial charge >= 0.3 is 0 Å². The Morgan fingerprint density at radius 2 is 2.50 bits per heavy atom. The van der Waals surface area contributed by atoms with Crippen LogP contribution in [0.25, 0.3) is 0 Å². The summed E-state index contributed by atoms with van der Waals surface area (Å²) in [5, 5.41) is 3.06. The van der Waals surface area contributed by atoms with Gasteiger partial charge in [-0.15, -0.1) is 0 Å². The number of hydrogen-bond acceptors (Lipinski definition) is 3. The SMILES string of the molecule is Fc1c(C2COCCN2)ccnc1Cl. The van der Waals surface area contributed by atoms with Crippen LogP contribution in [0, 0.1) is 5.82 Å². The van der Waals surface area contributed by atoms with E-state index in [0.29, 0.717) is 18.8 Å². The summed E-state index contributed by atoms with van der Waals surface area (Å²) in [7, 11) is 0. The van der Waals surface area contributed by atoms with Crippen LogP contribution in [0.15, 0.2) is 12.3 Å². The third kappa shape index (κ3) is 1.87. The Bertz CT molecular complexity index is 329. The molecule has 0 aliphatic carbocycles. The van der Waals surface area contributed by atoms with Crippen molar-refractivity contribution in [2.24, 2.45) is 0 Å². The van der Waals surface area contributed by atoms with Gasteiger partial charge in [-0.3, -0.25) is 0 Å². The molecule has 1 atom stereocenters. The van der Waals surface area contributed by atoms with E-state index < -0.39 is 5.82 Å². The molecule has 1 aliphatic heterocycles. The summed E-state index contributed by atoms with van der Waals surface area (Å²) in [6.45, 7) is 1.86. The number of morpholine rings is 1. The van der Waals surface area contributed by atoms with Crippen molar-refractivity contribution in [1.82, 2.24) is 10.3 Å². The fraction of sp³-hybridized carbons (Fsp3) is 0.444. The number of halogens is 2. The van der Waals surface area contributed by atoms with Gasteiger partial charge < -0.3 is 10.1 Å². The number of rotatable bonds is 1. The lowest BCUT2D eigenvalue weighted by Crippen LogP contribution is -2.35. The number of aromatic nitrogens is 1. The first-order chi connectivity index (χ1) is 6.79. The highest BCUT2D eigenvalue weighted by molar-refractivity contribution is 6.29. The lowest BCUT2D eigenvalue weighted by Gasteiger charge is -2.24. The first-order valence-electron chi connectivity index (χ1n) is 4.40. The molecule has 76 valence electrons. The maximum atomic E-state index is 13.5. The van der Waals surface area contributed by atoms with Crippen molar-refractivity contribution in [3.05, 3.63) is 28.8 Å². The standard InChI is InChI=1S/C9H10ClFN2O/c10-9-8(11)6(1-2-13-9)7-5-14-4-3-12-7/h1-2,7,12H,3-5H2. The summed E-state index contributed by atoms with van der Waals surface area (Å²) in [6, 6.07) is 1.50. The van der Waals surface area contributed by atoms with E-state index in [2.05, 4.69) is 10.3 Å². The van der Waals surface area contributed by atoms with Crippen molar-refractivity contribution in [3.8, 4) is 0 Å². The van der Waals surface area contributed by atoms with Gasteiger partial charge in [-0.25, -0.2) is 9.37 Å². The topological polar surface area (TPSA) is 34.1 Å². The van der Waals surface area contributed by atoms with Crippen LogP contribution < -0.4 is 5.32 Å². The maximum absolute atomic E-state index is 13.5. The predicted octanol–water partition coefficient (Wildman–Crippen LogP) is 1.53. The number of nitrogens with zero attached hydrogens (tertiary/aromatic N) is 1. The van der Waals surface area contributed by atoms with Crippen molar-refractivity contribution in [1.29, 1.82) is 0 Å². The van der Waals surface area contributed by atoms with Gasteiger partial charge in [-0.05, 0) is 6.07 Å². The highest BCUT2D eigenvalue weighted by Crippen LogP contribution is 2.22. The molecule has 2 rings (SSSR count). The summed E-state index contributed by atoms with van der Waals surface area (Å²) in [5.41, 5.74) is 0.518. The average molecular weight is 217 g/mol. The van der Waals surface area contributed by atoms with E-state index in [1.54, 1.807) is 6.07 Å². The number of hydrogen-bond donors (Lipinski definition) is 1. The second kappa shape index (κ2) is 4.21. The molecule has 0 radical (unpaired) electrons. The van der Waals surface area contributed by atoms with Gasteiger partial charge in [0.25, 0.3) is 0 Å². The van der Waals surface area contributed by atoms with Gasteiger partial charge in [0, 0.05) is 18.3 Å². The normalized spacial score (nSPS) is 22.3. The van der Waals surface area contributed by atoms with Crippen LogP contribution in [-0.4, -0.2) is 24.7 Å². The molecule has 5 heteroatoms. The molecule has 0 saturated carbocycles. The van der Waals surface area contributed by atoms with Crippen molar-refractivity contribution >= 4 is 11.6 Å². The Hall–Kier alpha value is -0.710. The minimum absolute atomic E-state index is 0.0881. The zero-order valence-electron chi connectivity index (χ0n) is 7.46. The smallest absolute Gasteiger partial charge is 0.165 e. The Kier molecular flexibility index (Phi) is 2.96. The Balaban J connectivity index is 2.26. The molecule has 1 aliphatic rings. The van der Waals surface area contributed by atoms with Crippen molar-refractivity contribution in [2.75, 3.05) is 19.8 Å². The fourth-order valence-corrected chi connectivity index (χ4v) is 1.63. The molecule has 1 N–H and O–H groups in total.